The van der Waals surface area contributed by atoms with Crippen molar-refractivity contribution in [1.82, 2.24) is 15.1 Å². The number of benzene rings is 1. The zero-order valence-corrected chi connectivity index (χ0v) is 18.0. The summed E-state index contributed by atoms with van der Waals surface area (Å²) in [4.78, 5) is 4.72. The highest BCUT2D eigenvalue weighted by Gasteiger charge is 2.44. The van der Waals surface area contributed by atoms with Crippen molar-refractivity contribution >= 4 is 5.82 Å². The van der Waals surface area contributed by atoms with Crippen molar-refractivity contribution in [2.45, 2.75) is 57.7 Å². The predicted octanol–water partition coefficient (Wildman–Crippen LogP) is 3.95. The second-order valence-corrected chi connectivity index (χ2v) is 9.02. The molecule has 28 heavy (non-hydrogen) atoms. The van der Waals surface area contributed by atoms with E-state index in [1.807, 2.05) is 12.1 Å². The van der Waals surface area contributed by atoms with Crippen molar-refractivity contribution in [2.24, 2.45) is 0 Å². The van der Waals surface area contributed by atoms with Crippen LogP contribution in [0, 0.1) is 0 Å². The third kappa shape index (κ3) is 3.78. The number of hydrogen-bond acceptors (Lipinski definition) is 6. The Morgan fingerprint density at radius 1 is 1.07 bits per heavy atom. The molecule has 0 bridgehead atoms. The first-order valence-corrected chi connectivity index (χ1v) is 9.73. The third-order valence-corrected chi connectivity index (χ3v) is 6.33. The molecule has 0 aliphatic carbocycles. The average molecular weight is 385 g/mol. The second-order valence-electron chi connectivity index (χ2n) is 9.02. The molecule has 1 aromatic heterocycles. The fourth-order valence-electron chi connectivity index (χ4n) is 4.29. The summed E-state index contributed by atoms with van der Waals surface area (Å²) >= 11 is 0. The number of ether oxygens (including phenoxy) is 1. The van der Waals surface area contributed by atoms with Gasteiger partial charge < -0.3 is 14.7 Å². The molecule has 1 N–H and O–H groups in total. The Kier molecular flexibility index (Phi) is 5.28. The molecule has 1 aromatic carbocycles. The summed E-state index contributed by atoms with van der Waals surface area (Å²) in [7, 11) is 5.88. The number of piperidine rings is 1. The smallest absolute Gasteiger partial charge is 0.151 e. The summed E-state index contributed by atoms with van der Waals surface area (Å²) < 4.78 is 5.14. The number of likely N-dealkylation sites (tertiary alicyclic amines) is 1. The van der Waals surface area contributed by atoms with Crippen molar-refractivity contribution < 1.29 is 9.84 Å². The first kappa shape index (κ1) is 20.4. The quantitative estimate of drug-likeness (QED) is 0.861. The van der Waals surface area contributed by atoms with Crippen molar-refractivity contribution in [1.29, 1.82) is 0 Å². The molecule has 1 fully saturated rings. The van der Waals surface area contributed by atoms with Crippen LogP contribution in [0.15, 0.2) is 30.3 Å². The minimum atomic E-state index is 0.114. The van der Waals surface area contributed by atoms with Crippen LogP contribution in [0.1, 0.15) is 40.5 Å². The third-order valence-electron chi connectivity index (χ3n) is 6.33. The molecular formula is C22H32N4O2. The van der Waals surface area contributed by atoms with E-state index in [-0.39, 0.29) is 16.8 Å². The largest absolute Gasteiger partial charge is 0.507 e. The molecule has 3 rings (SSSR count). The second kappa shape index (κ2) is 7.24. The van der Waals surface area contributed by atoms with Gasteiger partial charge in [-0.3, -0.25) is 4.90 Å². The van der Waals surface area contributed by atoms with Gasteiger partial charge in [-0.15, -0.1) is 10.2 Å². The number of phenols is 1. The molecule has 0 atom stereocenters. The van der Waals surface area contributed by atoms with Gasteiger partial charge in [0.05, 0.1) is 12.8 Å². The van der Waals surface area contributed by atoms with Crippen LogP contribution in [0.4, 0.5) is 5.82 Å². The Morgan fingerprint density at radius 3 is 2.21 bits per heavy atom. The number of phenolic OH excluding ortho intramolecular Hbond substituents is 1. The van der Waals surface area contributed by atoms with Crippen LogP contribution in [-0.2, 0) is 0 Å². The standard InChI is InChI=1S/C22H32N4O2/c1-21(2)13-15(14-22(3,4)26(21)6)25(5)20-11-10-18(23-24-20)17-9-8-16(28-7)12-19(17)27/h8-12,15,27H,13-14H2,1-7H3. The van der Waals surface area contributed by atoms with Crippen molar-refractivity contribution in [2.75, 3.05) is 26.1 Å². The lowest BCUT2D eigenvalue weighted by molar-refractivity contribution is -0.0120. The van der Waals surface area contributed by atoms with E-state index in [1.54, 1.807) is 25.3 Å². The normalized spacial score (nSPS) is 19.4. The number of nitrogens with zero attached hydrogens (tertiary/aromatic N) is 4. The predicted molar refractivity (Wildman–Crippen MR) is 113 cm³/mol. The molecule has 1 saturated heterocycles. The Morgan fingerprint density at radius 2 is 1.71 bits per heavy atom. The topological polar surface area (TPSA) is 61.7 Å². The van der Waals surface area contributed by atoms with E-state index in [0.717, 1.165) is 18.7 Å². The minimum Gasteiger partial charge on any atom is -0.507 e. The van der Waals surface area contributed by atoms with Crippen LogP contribution in [0.2, 0.25) is 0 Å². The first-order valence-electron chi connectivity index (χ1n) is 9.73. The molecule has 2 heterocycles. The molecule has 0 radical (unpaired) electrons. The van der Waals surface area contributed by atoms with Crippen LogP contribution in [-0.4, -0.2) is 58.5 Å². The van der Waals surface area contributed by atoms with E-state index in [1.165, 1.54) is 0 Å². The van der Waals surface area contributed by atoms with Gasteiger partial charge >= 0.3 is 0 Å². The number of anilines is 1. The van der Waals surface area contributed by atoms with Crippen LogP contribution >= 0.6 is 0 Å². The SMILES string of the molecule is COc1ccc(-c2ccc(N(C)C3CC(C)(C)N(C)C(C)(C)C3)nn2)c(O)c1. The maximum atomic E-state index is 10.2. The number of aromatic hydroxyl groups is 1. The maximum Gasteiger partial charge on any atom is 0.151 e. The lowest BCUT2D eigenvalue weighted by Gasteiger charge is -2.55. The minimum absolute atomic E-state index is 0.114. The molecule has 6 heteroatoms. The monoisotopic (exact) mass is 384 g/mol. The van der Waals surface area contributed by atoms with Gasteiger partial charge in [0, 0.05) is 35.8 Å². The van der Waals surface area contributed by atoms with Crippen LogP contribution in [0.5, 0.6) is 11.5 Å². The summed E-state index contributed by atoms with van der Waals surface area (Å²) in [5, 5.41) is 19.0. The zero-order valence-electron chi connectivity index (χ0n) is 18.0. The summed E-state index contributed by atoms with van der Waals surface area (Å²) in [6.45, 7) is 9.21. The van der Waals surface area contributed by atoms with Gasteiger partial charge in [-0.1, -0.05) is 0 Å². The van der Waals surface area contributed by atoms with Crippen LogP contribution in [0.25, 0.3) is 11.3 Å². The molecule has 0 unspecified atom stereocenters. The van der Waals surface area contributed by atoms with E-state index < -0.39 is 0 Å². The fourth-order valence-corrected chi connectivity index (χ4v) is 4.29. The number of aromatic nitrogens is 2. The molecule has 0 amide bonds. The van der Waals surface area contributed by atoms with E-state index in [4.69, 9.17) is 4.74 Å². The lowest BCUT2D eigenvalue weighted by Crippen LogP contribution is -2.62. The molecule has 152 valence electrons. The number of methoxy groups -OCH3 is 1. The van der Waals surface area contributed by atoms with Crippen molar-refractivity contribution in [3.8, 4) is 22.8 Å². The molecule has 6 nitrogen and oxygen atoms in total. The Balaban J connectivity index is 1.82. The highest BCUT2D eigenvalue weighted by atomic mass is 16.5. The van der Waals surface area contributed by atoms with E-state index in [0.29, 0.717) is 23.0 Å². The lowest BCUT2D eigenvalue weighted by atomic mass is 9.77. The molecule has 0 spiro atoms. The molecule has 1 aliphatic rings. The van der Waals surface area contributed by atoms with Crippen LogP contribution < -0.4 is 9.64 Å². The Labute approximate surface area is 168 Å². The molecular weight excluding hydrogens is 352 g/mol. The van der Waals surface area contributed by atoms with Gasteiger partial charge in [-0.2, -0.15) is 0 Å². The first-order chi connectivity index (χ1) is 13.0. The van der Waals surface area contributed by atoms with Gasteiger partial charge in [-0.25, -0.2) is 0 Å². The van der Waals surface area contributed by atoms with Gasteiger partial charge in [0.2, 0.25) is 0 Å². The fraction of sp³-hybridized carbons (Fsp3) is 0.545. The molecule has 0 saturated carbocycles. The molecule has 1 aliphatic heterocycles. The maximum absolute atomic E-state index is 10.2. The van der Waals surface area contributed by atoms with Gasteiger partial charge in [0.1, 0.15) is 11.5 Å². The Hall–Kier alpha value is -2.34. The van der Waals surface area contributed by atoms with Gasteiger partial charge in [0.15, 0.2) is 5.82 Å². The highest BCUT2D eigenvalue weighted by Crippen LogP contribution is 2.39. The van der Waals surface area contributed by atoms with E-state index >= 15 is 0 Å². The number of hydrogen-bond donors (Lipinski definition) is 1. The summed E-state index contributed by atoms with van der Waals surface area (Å²) in [6, 6.07) is 9.45. The summed E-state index contributed by atoms with van der Waals surface area (Å²) in [5.41, 5.74) is 1.51. The molecule has 2 aromatic rings. The summed E-state index contributed by atoms with van der Waals surface area (Å²) in [5.74, 6) is 1.59. The Bertz CT molecular complexity index is 815. The van der Waals surface area contributed by atoms with Crippen molar-refractivity contribution in [3.63, 3.8) is 0 Å². The van der Waals surface area contributed by atoms with E-state index in [2.05, 4.69) is 61.8 Å². The van der Waals surface area contributed by atoms with Gasteiger partial charge in [0.25, 0.3) is 0 Å². The van der Waals surface area contributed by atoms with Gasteiger partial charge in [-0.05, 0) is 71.8 Å². The van der Waals surface area contributed by atoms with E-state index in [9.17, 15) is 5.11 Å². The average Bonchev–Trinajstić information content (AvgIpc) is 2.65. The highest BCUT2D eigenvalue weighted by molar-refractivity contribution is 5.68. The summed E-state index contributed by atoms with van der Waals surface area (Å²) in [6.07, 6.45) is 2.12. The zero-order chi connectivity index (χ0) is 20.7. The number of rotatable bonds is 4. The van der Waals surface area contributed by atoms with Crippen LogP contribution in [0.3, 0.4) is 0 Å². The van der Waals surface area contributed by atoms with Crippen molar-refractivity contribution in [3.05, 3.63) is 30.3 Å².